The van der Waals surface area contributed by atoms with Gasteiger partial charge in [-0.3, -0.25) is 9.63 Å². The fourth-order valence-electron chi connectivity index (χ4n) is 0.945. The van der Waals surface area contributed by atoms with E-state index in [0.717, 1.165) is 0 Å². The van der Waals surface area contributed by atoms with Crippen LogP contribution in [0.1, 0.15) is 20.7 Å². The molecule has 1 amide bonds. The molecule has 0 fully saturated rings. The van der Waals surface area contributed by atoms with E-state index in [9.17, 15) is 9.59 Å². The van der Waals surface area contributed by atoms with Crippen molar-refractivity contribution in [3.63, 3.8) is 0 Å². The maximum atomic E-state index is 11.2. The van der Waals surface area contributed by atoms with Crippen LogP contribution in [0.25, 0.3) is 0 Å². The maximum Gasteiger partial charge on any atom is 0.335 e. The molecule has 0 bridgehead atoms. The Kier molecular flexibility index (Phi) is 3.19. The second-order valence-corrected chi connectivity index (χ2v) is 2.52. The number of aromatic carboxylic acids is 1. The number of hydrogen-bond acceptors (Lipinski definition) is 3. The zero-order valence-electron chi connectivity index (χ0n) is 7.48. The van der Waals surface area contributed by atoms with Gasteiger partial charge in [0.15, 0.2) is 0 Å². The van der Waals surface area contributed by atoms with Gasteiger partial charge >= 0.3 is 5.97 Å². The Morgan fingerprint density at radius 1 is 1.36 bits per heavy atom. The number of carboxylic acids is 1. The van der Waals surface area contributed by atoms with Crippen molar-refractivity contribution in [3.8, 4) is 0 Å². The second-order valence-electron chi connectivity index (χ2n) is 2.52. The zero-order chi connectivity index (χ0) is 10.6. The van der Waals surface area contributed by atoms with Gasteiger partial charge in [-0.15, -0.1) is 0 Å². The van der Waals surface area contributed by atoms with Crippen LogP contribution in [0, 0.1) is 0 Å². The lowest BCUT2D eigenvalue weighted by molar-refractivity contribution is 0.0537. The van der Waals surface area contributed by atoms with Crippen molar-refractivity contribution in [1.29, 1.82) is 0 Å². The van der Waals surface area contributed by atoms with Crippen molar-refractivity contribution in [2.75, 3.05) is 7.11 Å². The van der Waals surface area contributed by atoms with Gasteiger partial charge in [0, 0.05) is 5.56 Å². The minimum atomic E-state index is -1.07. The fourth-order valence-corrected chi connectivity index (χ4v) is 0.945. The molecular formula is C9H9NO4. The number of carbonyl (C=O) groups excluding carboxylic acids is 1. The molecule has 5 nitrogen and oxygen atoms in total. The van der Waals surface area contributed by atoms with Crippen LogP contribution in [0.2, 0.25) is 0 Å². The average Bonchev–Trinajstić information content (AvgIpc) is 2.18. The van der Waals surface area contributed by atoms with Gasteiger partial charge in [-0.25, -0.2) is 10.3 Å². The molecule has 0 aliphatic heterocycles. The highest BCUT2D eigenvalue weighted by Gasteiger charge is 2.08. The molecule has 0 spiro atoms. The molecule has 74 valence electrons. The van der Waals surface area contributed by atoms with Gasteiger partial charge in [0.2, 0.25) is 0 Å². The van der Waals surface area contributed by atoms with Crippen molar-refractivity contribution in [1.82, 2.24) is 5.48 Å². The maximum absolute atomic E-state index is 11.2. The minimum Gasteiger partial charge on any atom is -0.478 e. The summed E-state index contributed by atoms with van der Waals surface area (Å²) in [6.45, 7) is 0. The number of nitrogens with one attached hydrogen (secondary N) is 1. The van der Waals surface area contributed by atoms with Crippen molar-refractivity contribution >= 4 is 11.9 Å². The molecule has 1 aromatic rings. The molecule has 0 saturated carbocycles. The highest BCUT2D eigenvalue weighted by Crippen LogP contribution is 2.04. The topological polar surface area (TPSA) is 75.6 Å². The van der Waals surface area contributed by atoms with Crippen molar-refractivity contribution < 1.29 is 19.5 Å². The summed E-state index contributed by atoms with van der Waals surface area (Å²) in [6, 6.07) is 5.68. The first-order valence-corrected chi connectivity index (χ1v) is 3.82. The van der Waals surface area contributed by atoms with Gasteiger partial charge in [0.1, 0.15) is 0 Å². The molecule has 0 aromatic heterocycles. The molecule has 0 aliphatic rings. The van der Waals surface area contributed by atoms with Crippen molar-refractivity contribution in [2.24, 2.45) is 0 Å². The summed E-state index contributed by atoms with van der Waals surface area (Å²) >= 11 is 0. The van der Waals surface area contributed by atoms with E-state index in [-0.39, 0.29) is 11.1 Å². The molecule has 0 radical (unpaired) electrons. The Morgan fingerprint density at radius 3 is 2.57 bits per heavy atom. The van der Waals surface area contributed by atoms with E-state index < -0.39 is 11.9 Å². The summed E-state index contributed by atoms with van der Waals surface area (Å²) < 4.78 is 0. The SMILES string of the molecule is CONC(=O)c1cccc(C(=O)O)c1. The van der Waals surface area contributed by atoms with Crippen LogP contribution in [0.3, 0.4) is 0 Å². The molecule has 0 atom stereocenters. The lowest BCUT2D eigenvalue weighted by Crippen LogP contribution is -2.21. The molecule has 0 heterocycles. The first-order valence-electron chi connectivity index (χ1n) is 3.82. The third kappa shape index (κ3) is 2.30. The summed E-state index contributed by atoms with van der Waals surface area (Å²) in [5, 5.41) is 8.66. The van der Waals surface area contributed by atoms with Crippen LogP contribution in [0.4, 0.5) is 0 Å². The summed E-state index contributed by atoms with van der Waals surface area (Å²) in [6.07, 6.45) is 0. The molecule has 1 rings (SSSR count). The summed E-state index contributed by atoms with van der Waals surface area (Å²) in [5.74, 6) is -1.55. The van der Waals surface area contributed by atoms with Gasteiger partial charge in [-0.05, 0) is 18.2 Å². The van der Waals surface area contributed by atoms with Crippen LogP contribution in [0.5, 0.6) is 0 Å². The van der Waals surface area contributed by atoms with Gasteiger partial charge in [-0.2, -0.15) is 0 Å². The summed E-state index contributed by atoms with van der Waals surface area (Å²) in [4.78, 5) is 26.2. The van der Waals surface area contributed by atoms with Crippen molar-refractivity contribution in [2.45, 2.75) is 0 Å². The van der Waals surface area contributed by atoms with Crippen LogP contribution in [-0.4, -0.2) is 24.1 Å². The Bertz CT molecular complexity index is 362. The molecule has 2 N–H and O–H groups in total. The largest absolute Gasteiger partial charge is 0.478 e. The first kappa shape index (κ1) is 10.2. The third-order valence-electron chi connectivity index (χ3n) is 1.57. The lowest BCUT2D eigenvalue weighted by atomic mass is 10.1. The molecule has 0 aliphatic carbocycles. The first-order chi connectivity index (χ1) is 6.65. The van der Waals surface area contributed by atoms with E-state index in [4.69, 9.17) is 5.11 Å². The Morgan fingerprint density at radius 2 is 2.00 bits per heavy atom. The minimum absolute atomic E-state index is 0.0637. The van der Waals surface area contributed by atoms with E-state index >= 15 is 0 Å². The van der Waals surface area contributed by atoms with Gasteiger partial charge < -0.3 is 5.11 Å². The average molecular weight is 195 g/mol. The van der Waals surface area contributed by atoms with Crippen LogP contribution in [0.15, 0.2) is 24.3 Å². The number of carboxylic acid groups (broad SMARTS) is 1. The quantitative estimate of drug-likeness (QED) is 0.695. The van der Waals surface area contributed by atoms with E-state index in [2.05, 4.69) is 10.3 Å². The number of hydrogen-bond donors (Lipinski definition) is 2. The Labute approximate surface area is 80.3 Å². The van der Waals surface area contributed by atoms with Gasteiger partial charge in [-0.1, -0.05) is 6.07 Å². The number of carbonyl (C=O) groups is 2. The number of rotatable bonds is 3. The van der Waals surface area contributed by atoms with E-state index in [1.807, 2.05) is 0 Å². The highest BCUT2D eigenvalue weighted by atomic mass is 16.6. The monoisotopic (exact) mass is 195 g/mol. The standard InChI is InChI=1S/C9H9NO4/c1-14-10-8(11)6-3-2-4-7(5-6)9(12)13/h2-5H,1H3,(H,10,11)(H,12,13). The predicted octanol–water partition coefficient (Wildman–Crippen LogP) is 0.676. The van der Waals surface area contributed by atoms with Gasteiger partial charge in [0.25, 0.3) is 5.91 Å². The number of hydroxylamine groups is 1. The summed E-state index contributed by atoms with van der Waals surface area (Å²) in [5.41, 5.74) is 2.40. The fraction of sp³-hybridized carbons (Fsp3) is 0.111. The molecule has 1 aromatic carbocycles. The number of benzene rings is 1. The third-order valence-corrected chi connectivity index (χ3v) is 1.57. The predicted molar refractivity (Wildman–Crippen MR) is 47.9 cm³/mol. The number of amides is 1. The second kappa shape index (κ2) is 4.38. The zero-order valence-corrected chi connectivity index (χ0v) is 7.48. The van der Waals surface area contributed by atoms with E-state index in [0.29, 0.717) is 0 Å². The summed E-state index contributed by atoms with van der Waals surface area (Å²) in [7, 11) is 1.30. The van der Waals surface area contributed by atoms with Crippen LogP contribution in [-0.2, 0) is 4.84 Å². The molecule has 14 heavy (non-hydrogen) atoms. The molecule has 5 heteroatoms. The lowest BCUT2D eigenvalue weighted by Gasteiger charge is -2.02. The Hall–Kier alpha value is -1.88. The smallest absolute Gasteiger partial charge is 0.335 e. The van der Waals surface area contributed by atoms with Crippen LogP contribution < -0.4 is 5.48 Å². The highest BCUT2D eigenvalue weighted by molar-refractivity contribution is 5.96. The molecule has 0 unspecified atom stereocenters. The molecular weight excluding hydrogens is 186 g/mol. The van der Waals surface area contributed by atoms with Crippen molar-refractivity contribution in [3.05, 3.63) is 35.4 Å². The molecule has 0 saturated heterocycles. The normalized spacial score (nSPS) is 9.50. The van der Waals surface area contributed by atoms with E-state index in [1.165, 1.54) is 31.4 Å². The van der Waals surface area contributed by atoms with E-state index in [1.54, 1.807) is 0 Å². The van der Waals surface area contributed by atoms with Crippen LogP contribution >= 0.6 is 0 Å². The van der Waals surface area contributed by atoms with Gasteiger partial charge in [0.05, 0.1) is 12.7 Å². The Balaban J connectivity index is 2.93.